The van der Waals surface area contributed by atoms with Crippen molar-refractivity contribution in [1.82, 2.24) is 5.32 Å². The zero-order chi connectivity index (χ0) is 14.7. The first-order chi connectivity index (χ1) is 8.79. The molecule has 0 aliphatic carbocycles. The molecule has 7 heteroatoms. The highest BCUT2D eigenvalue weighted by atomic mass is 19.2. The summed E-state index contributed by atoms with van der Waals surface area (Å²) in [5.74, 6) is -7.63. The molecule has 0 spiro atoms. The highest BCUT2D eigenvalue weighted by molar-refractivity contribution is 5.95. The minimum Gasteiger partial charge on any atom is -0.503 e. The molecule has 0 radical (unpaired) electrons. The number of carbonyl (C=O) groups is 1. The van der Waals surface area contributed by atoms with Gasteiger partial charge in [0.25, 0.3) is 5.91 Å². The summed E-state index contributed by atoms with van der Waals surface area (Å²) in [6, 6.07) is -0.136. The van der Waals surface area contributed by atoms with Crippen molar-refractivity contribution < 1.29 is 28.2 Å². The van der Waals surface area contributed by atoms with Crippen LogP contribution in [0.1, 0.15) is 24.2 Å². The number of carbonyl (C=O) groups excluding carboxylic acids is 1. The van der Waals surface area contributed by atoms with Gasteiger partial charge < -0.3 is 15.5 Å². The Labute approximate surface area is 107 Å². The molecule has 1 aromatic carbocycles. The lowest BCUT2D eigenvalue weighted by atomic mass is 10.0. The Morgan fingerprint density at radius 3 is 2.42 bits per heavy atom. The molecule has 106 valence electrons. The van der Waals surface area contributed by atoms with Crippen LogP contribution >= 0.6 is 0 Å². The van der Waals surface area contributed by atoms with Gasteiger partial charge in [-0.2, -0.15) is 4.39 Å². The minimum atomic E-state index is -1.74. The number of rotatable bonds is 4. The number of aliphatic hydroxyl groups is 1. The molecule has 0 bridgehead atoms. The second-order valence-corrected chi connectivity index (χ2v) is 4.30. The lowest BCUT2D eigenvalue weighted by Crippen LogP contribution is -2.38. The van der Waals surface area contributed by atoms with E-state index in [0.717, 1.165) is 0 Å². The number of hydrogen-bond donors (Lipinski definition) is 3. The van der Waals surface area contributed by atoms with E-state index >= 15 is 0 Å². The standard InChI is InChI=1S/C12H14F3NO3/c1-5(4-17)6(2)16-12(19)7-3-8(13)10(15)11(18)9(7)14/h3,5-6,17-18H,4H2,1-2H3,(H,16,19). The van der Waals surface area contributed by atoms with Gasteiger partial charge >= 0.3 is 0 Å². The van der Waals surface area contributed by atoms with Crippen LogP contribution in [-0.2, 0) is 0 Å². The summed E-state index contributed by atoms with van der Waals surface area (Å²) in [5.41, 5.74) is -0.798. The summed E-state index contributed by atoms with van der Waals surface area (Å²) >= 11 is 0. The molecule has 0 fully saturated rings. The second-order valence-electron chi connectivity index (χ2n) is 4.30. The van der Waals surface area contributed by atoms with Crippen LogP contribution in [0.25, 0.3) is 0 Å². The van der Waals surface area contributed by atoms with Crippen LogP contribution in [0, 0.1) is 23.4 Å². The maximum absolute atomic E-state index is 13.5. The molecule has 0 heterocycles. The fourth-order valence-electron chi connectivity index (χ4n) is 1.34. The van der Waals surface area contributed by atoms with E-state index in [4.69, 9.17) is 10.2 Å². The zero-order valence-electron chi connectivity index (χ0n) is 10.4. The van der Waals surface area contributed by atoms with Crippen molar-refractivity contribution in [2.24, 2.45) is 5.92 Å². The number of nitrogens with one attached hydrogen (secondary N) is 1. The molecule has 19 heavy (non-hydrogen) atoms. The summed E-state index contributed by atoms with van der Waals surface area (Å²) in [4.78, 5) is 11.7. The molecule has 0 aliphatic rings. The lowest BCUT2D eigenvalue weighted by molar-refractivity contribution is 0.0910. The molecule has 0 aliphatic heterocycles. The molecule has 4 nitrogen and oxygen atoms in total. The third-order valence-corrected chi connectivity index (χ3v) is 2.88. The Kier molecular flexibility index (Phi) is 4.77. The van der Waals surface area contributed by atoms with E-state index in [0.29, 0.717) is 6.07 Å². The average molecular weight is 277 g/mol. The number of aromatic hydroxyl groups is 1. The highest BCUT2D eigenvalue weighted by Crippen LogP contribution is 2.25. The predicted octanol–water partition coefficient (Wildman–Crippen LogP) is 1.56. The molecule has 3 N–H and O–H groups in total. The van der Waals surface area contributed by atoms with E-state index in [-0.39, 0.29) is 12.5 Å². The van der Waals surface area contributed by atoms with E-state index in [9.17, 15) is 18.0 Å². The summed E-state index contributed by atoms with van der Waals surface area (Å²) in [5, 5.41) is 20.2. The lowest BCUT2D eigenvalue weighted by Gasteiger charge is -2.19. The van der Waals surface area contributed by atoms with Gasteiger partial charge in [0.05, 0.1) is 5.56 Å². The zero-order valence-corrected chi connectivity index (χ0v) is 10.4. The maximum atomic E-state index is 13.5. The van der Waals surface area contributed by atoms with Gasteiger partial charge in [-0.3, -0.25) is 4.79 Å². The van der Waals surface area contributed by atoms with E-state index in [1.54, 1.807) is 13.8 Å². The Morgan fingerprint density at radius 2 is 1.89 bits per heavy atom. The summed E-state index contributed by atoms with van der Waals surface area (Å²) in [7, 11) is 0. The van der Waals surface area contributed by atoms with Crippen LogP contribution in [0.2, 0.25) is 0 Å². The van der Waals surface area contributed by atoms with Gasteiger partial charge in [0.2, 0.25) is 5.82 Å². The number of phenolic OH excluding ortho intramolecular Hbond substituents is 1. The SMILES string of the molecule is CC(CO)C(C)NC(=O)c1cc(F)c(F)c(O)c1F. The Balaban J connectivity index is 3.01. The number of phenols is 1. The molecule has 1 aromatic rings. The first-order valence-electron chi connectivity index (χ1n) is 5.57. The van der Waals surface area contributed by atoms with Crippen molar-refractivity contribution in [3.05, 3.63) is 29.1 Å². The summed E-state index contributed by atoms with van der Waals surface area (Å²) in [6.45, 7) is 3.01. The van der Waals surface area contributed by atoms with Crippen LogP contribution in [0.3, 0.4) is 0 Å². The van der Waals surface area contributed by atoms with E-state index in [2.05, 4.69) is 5.32 Å². The topological polar surface area (TPSA) is 69.6 Å². The van der Waals surface area contributed by atoms with Gasteiger partial charge in [-0.05, 0) is 18.9 Å². The van der Waals surface area contributed by atoms with Gasteiger partial charge in [0.15, 0.2) is 17.4 Å². The Hall–Kier alpha value is -1.76. The quantitative estimate of drug-likeness (QED) is 0.731. The van der Waals surface area contributed by atoms with Gasteiger partial charge in [-0.1, -0.05) is 6.92 Å². The highest BCUT2D eigenvalue weighted by Gasteiger charge is 2.24. The van der Waals surface area contributed by atoms with E-state index in [1.807, 2.05) is 0 Å². The number of benzene rings is 1. The fourth-order valence-corrected chi connectivity index (χ4v) is 1.34. The molecule has 0 saturated heterocycles. The summed E-state index contributed by atoms with van der Waals surface area (Å²) in [6.07, 6.45) is 0. The van der Waals surface area contributed by atoms with Gasteiger partial charge in [-0.15, -0.1) is 0 Å². The molecule has 1 rings (SSSR count). The molecule has 1 amide bonds. The first-order valence-corrected chi connectivity index (χ1v) is 5.57. The van der Waals surface area contributed by atoms with Gasteiger partial charge in [0, 0.05) is 12.6 Å². The molecule has 2 unspecified atom stereocenters. The van der Waals surface area contributed by atoms with Crippen molar-refractivity contribution in [3.63, 3.8) is 0 Å². The monoisotopic (exact) mass is 277 g/mol. The van der Waals surface area contributed by atoms with Crippen LogP contribution < -0.4 is 5.32 Å². The fraction of sp³-hybridized carbons (Fsp3) is 0.417. The third-order valence-electron chi connectivity index (χ3n) is 2.88. The van der Waals surface area contributed by atoms with Gasteiger partial charge in [-0.25, -0.2) is 8.78 Å². The van der Waals surface area contributed by atoms with Gasteiger partial charge in [0.1, 0.15) is 0 Å². The van der Waals surface area contributed by atoms with E-state index < -0.39 is 40.7 Å². The first kappa shape index (κ1) is 15.3. The molecule has 2 atom stereocenters. The summed E-state index contributed by atoms with van der Waals surface area (Å²) < 4.78 is 39.3. The smallest absolute Gasteiger partial charge is 0.254 e. The van der Waals surface area contributed by atoms with Crippen molar-refractivity contribution in [2.75, 3.05) is 6.61 Å². The third kappa shape index (κ3) is 3.17. The van der Waals surface area contributed by atoms with Crippen LogP contribution in [0.15, 0.2) is 6.07 Å². The van der Waals surface area contributed by atoms with E-state index in [1.165, 1.54) is 0 Å². The number of aliphatic hydroxyl groups excluding tert-OH is 1. The number of halogens is 3. The second kappa shape index (κ2) is 5.92. The minimum absolute atomic E-state index is 0.201. The predicted molar refractivity (Wildman–Crippen MR) is 61.2 cm³/mol. The molecular formula is C12H14F3NO3. The average Bonchev–Trinajstić information content (AvgIpc) is 2.39. The van der Waals surface area contributed by atoms with Crippen molar-refractivity contribution in [2.45, 2.75) is 19.9 Å². The normalized spacial score (nSPS) is 14.0. The molecule has 0 saturated carbocycles. The van der Waals surface area contributed by atoms with Crippen LogP contribution in [0.4, 0.5) is 13.2 Å². The largest absolute Gasteiger partial charge is 0.503 e. The van der Waals surface area contributed by atoms with Crippen molar-refractivity contribution in [1.29, 1.82) is 0 Å². The van der Waals surface area contributed by atoms with Crippen molar-refractivity contribution in [3.8, 4) is 5.75 Å². The maximum Gasteiger partial charge on any atom is 0.254 e. The van der Waals surface area contributed by atoms with Crippen molar-refractivity contribution >= 4 is 5.91 Å². The Bertz CT molecular complexity index is 494. The van der Waals surface area contributed by atoms with Crippen LogP contribution in [0.5, 0.6) is 5.75 Å². The number of hydrogen-bond acceptors (Lipinski definition) is 3. The molecule has 0 aromatic heterocycles. The molecular weight excluding hydrogens is 263 g/mol. The van der Waals surface area contributed by atoms with Crippen LogP contribution in [-0.4, -0.2) is 28.8 Å². The Morgan fingerprint density at radius 1 is 1.32 bits per heavy atom. The number of amides is 1.